The van der Waals surface area contributed by atoms with Gasteiger partial charge in [-0.3, -0.25) is 0 Å². The highest BCUT2D eigenvalue weighted by Crippen LogP contribution is 2.35. The maximum Gasteiger partial charge on any atom is 0.140 e. The monoisotopic (exact) mass is 508 g/mol. The van der Waals surface area contributed by atoms with E-state index in [0.717, 1.165) is 65.2 Å². The number of halogens is 1. The van der Waals surface area contributed by atoms with Crippen LogP contribution in [0, 0.1) is 18.8 Å². The van der Waals surface area contributed by atoms with E-state index in [0.29, 0.717) is 11.8 Å². The summed E-state index contributed by atoms with van der Waals surface area (Å²) in [6, 6.07) is 12.9. The van der Waals surface area contributed by atoms with Gasteiger partial charge in [0.05, 0.1) is 22.1 Å². The van der Waals surface area contributed by atoms with Gasteiger partial charge in [0, 0.05) is 36.5 Å². The molecule has 5 heteroatoms. The van der Waals surface area contributed by atoms with Crippen LogP contribution in [0.15, 0.2) is 83.5 Å². The number of rotatable bonds is 6. The number of allylic oxidation sites excluding steroid dienone is 8. The minimum atomic E-state index is 0.298. The molecule has 0 radical (unpaired) electrons. The highest BCUT2D eigenvalue weighted by Gasteiger charge is 2.22. The van der Waals surface area contributed by atoms with E-state index in [1.54, 1.807) is 0 Å². The number of imidazole rings is 2. The first-order valence-electron chi connectivity index (χ1n) is 13.4. The van der Waals surface area contributed by atoms with Crippen molar-refractivity contribution in [2.75, 3.05) is 0 Å². The highest BCUT2D eigenvalue weighted by molar-refractivity contribution is 6.30. The van der Waals surface area contributed by atoms with Crippen molar-refractivity contribution in [1.29, 1.82) is 0 Å². The lowest BCUT2D eigenvalue weighted by atomic mass is 9.86. The van der Waals surface area contributed by atoms with Crippen LogP contribution in [0.4, 0.5) is 0 Å². The highest BCUT2D eigenvalue weighted by atomic mass is 35.5. The molecule has 0 bridgehead atoms. The smallest absolute Gasteiger partial charge is 0.140 e. The quantitative estimate of drug-likeness (QED) is 0.264. The number of fused-ring (bicyclic) bond motifs is 2. The van der Waals surface area contributed by atoms with Gasteiger partial charge in [0.1, 0.15) is 11.6 Å². The molecule has 188 valence electrons. The molecule has 4 aromatic rings. The van der Waals surface area contributed by atoms with E-state index in [4.69, 9.17) is 21.6 Å². The van der Waals surface area contributed by atoms with Crippen molar-refractivity contribution in [3.05, 3.63) is 94.8 Å². The van der Waals surface area contributed by atoms with E-state index < -0.39 is 0 Å². The summed E-state index contributed by atoms with van der Waals surface area (Å²) in [4.78, 5) is 10.1. The summed E-state index contributed by atoms with van der Waals surface area (Å²) < 4.78 is 4.65. The zero-order valence-electron chi connectivity index (χ0n) is 21.8. The maximum atomic E-state index is 6.52. The van der Waals surface area contributed by atoms with Gasteiger partial charge in [-0.1, -0.05) is 61.0 Å². The van der Waals surface area contributed by atoms with Gasteiger partial charge in [-0.15, -0.1) is 0 Å². The second-order valence-corrected chi connectivity index (χ2v) is 10.8. The Kier molecular flexibility index (Phi) is 6.37. The first kappa shape index (κ1) is 24.0. The largest absolute Gasteiger partial charge is 0.327 e. The Morgan fingerprint density at radius 2 is 1.95 bits per heavy atom. The van der Waals surface area contributed by atoms with Crippen molar-refractivity contribution >= 4 is 33.7 Å². The van der Waals surface area contributed by atoms with E-state index in [-0.39, 0.29) is 0 Å². The van der Waals surface area contributed by atoms with Gasteiger partial charge in [0.15, 0.2) is 0 Å². The summed E-state index contributed by atoms with van der Waals surface area (Å²) >= 11 is 6.52. The van der Waals surface area contributed by atoms with E-state index in [2.05, 4.69) is 90.7 Å². The Bertz CT molecular complexity index is 1610. The molecule has 2 unspecified atom stereocenters. The fraction of sp³-hybridized carbons (Fsp3) is 0.312. The molecule has 0 spiro atoms. The van der Waals surface area contributed by atoms with E-state index in [9.17, 15) is 0 Å². The summed E-state index contributed by atoms with van der Waals surface area (Å²) in [7, 11) is 2.10. The van der Waals surface area contributed by atoms with Crippen molar-refractivity contribution in [1.82, 2.24) is 19.1 Å². The standard InChI is InChI=1S/C32H33ClN4/c1-4-9-30-35-31-21(2)18-24(32-34-27-12-7-8-13-28(27)36(32)3)19-29(31)37(30)20-22-14-16-23(17-15-22)25-10-5-6-11-26(25)33/h5-8,11-14,16-19,22,25H,4,9-10,15,20H2,1-3H3. The van der Waals surface area contributed by atoms with Crippen LogP contribution in [0.1, 0.15) is 37.6 Å². The molecule has 0 saturated carbocycles. The van der Waals surface area contributed by atoms with Crippen molar-refractivity contribution in [3.63, 3.8) is 0 Å². The summed E-state index contributed by atoms with van der Waals surface area (Å²) in [5, 5.41) is 0.938. The molecule has 37 heavy (non-hydrogen) atoms. The molecule has 2 heterocycles. The number of aryl methyl sites for hydroxylation is 3. The fourth-order valence-corrected chi connectivity index (χ4v) is 6.09. The van der Waals surface area contributed by atoms with Crippen LogP contribution in [0.3, 0.4) is 0 Å². The van der Waals surface area contributed by atoms with Crippen molar-refractivity contribution in [3.8, 4) is 11.4 Å². The van der Waals surface area contributed by atoms with Gasteiger partial charge in [-0.25, -0.2) is 9.97 Å². The average molecular weight is 509 g/mol. The number of benzene rings is 2. The van der Waals surface area contributed by atoms with Crippen LogP contribution in [-0.4, -0.2) is 19.1 Å². The molecule has 2 atom stereocenters. The lowest BCUT2D eigenvalue weighted by Gasteiger charge is -2.24. The normalized spacial score (nSPS) is 19.6. The predicted molar refractivity (Wildman–Crippen MR) is 155 cm³/mol. The molecule has 0 N–H and O–H groups in total. The number of para-hydroxylation sites is 2. The zero-order chi connectivity index (χ0) is 25.5. The minimum Gasteiger partial charge on any atom is -0.327 e. The Morgan fingerprint density at radius 1 is 1.08 bits per heavy atom. The molecule has 4 nitrogen and oxygen atoms in total. The van der Waals surface area contributed by atoms with Gasteiger partial charge >= 0.3 is 0 Å². The van der Waals surface area contributed by atoms with E-state index >= 15 is 0 Å². The minimum absolute atomic E-state index is 0.298. The first-order valence-corrected chi connectivity index (χ1v) is 13.7. The SMILES string of the molecule is CCCc1nc2c(C)cc(-c3nc4ccccc4n3C)cc2n1CC1C=CC(C2CC=CC=C2Cl)=CC1. The summed E-state index contributed by atoms with van der Waals surface area (Å²) in [6.45, 7) is 5.32. The van der Waals surface area contributed by atoms with Gasteiger partial charge < -0.3 is 9.13 Å². The van der Waals surface area contributed by atoms with Gasteiger partial charge in [-0.05, 0) is 73.6 Å². The molecule has 2 aromatic carbocycles. The number of hydrogen-bond acceptors (Lipinski definition) is 2. The van der Waals surface area contributed by atoms with Crippen molar-refractivity contribution in [2.24, 2.45) is 18.9 Å². The van der Waals surface area contributed by atoms with Crippen LogP contribution in [-0.2, 0) is 20.0 Å². The fourth-order valence-electron chi connectivity index (χ4n) is 5.80. The first-order chi connectivity index (χ1) is 18.0. The number of aromatic nitrogens is 4. The van der Waals surface area contributed by atoms with Crippen molar-refractivity contribution in [2.45, 2.75) is 46.1 Å². The molecule has 2 aliphatic carbocycles. The molecule has 0 amide bonds. The average Bonchev–Trinajstić information content (AvgIpc) is 3.43. The Morgan fingerprint density at radius 3 is 2.70 bits per heavy atom. The van der Waals surface area contributed by atoms with Crippen LogP contribution in [0.25, 0.3) is 33.5 Å². The summed E-state index contributed by atoms with van der Waals surface area (Å²) in [5.74, 6) is 2.90. The van der Waals surface area contributed by atoms with Crippen LogP contribution in [0.2, 0.25) is 0 Å². The second-order valence-electron chi connectivity index (χ2n) is 10.4. The molecule has 0 aliphatic heterocycles. The molecular weight excluding hydrogens is 476 g/mol. The lowest BCUT2D eigenvalue weighted by molar-refractivity contribution is 0.518. The molecule has 6 rings (SSSR count). The molecular formula is C32H33ClN4. The van der Waals surface area contributed by atoms with Crippen LogP contribution < -0.4 is 0 Å². The molecule has 2 aliphatic rings. The van der Waals surface area contributed by atoms with E-state index in [1.807, 2.05) is 12.1 Å². The predicted octanol–water partition coefficient (Wildman–Crippen LogP) is 8.05. The summed E-state index contributed by atoms with van der Waals surface area (Å²) in [6.07, 6.45) is 17.4. The van der Waals surface area contributed by atoms with Crippen molar-refractivity contribution < 1.29 is 0 Å². The Labute approximate surface area is 223 Å². The van der Waals surface area contributed by atoms with Crippen LogP contribution in [0.5, 0.6) is 0 Å². The third-order valence-electron chi connectivity index (χ3n) is 7.78. The second kappa shape index (κ2) is 9.83. The number of hydrogen-bond donors (Lipinski definition) is 0. The van der Waals surface area contributed by atoms with Gasteiger partial charge in [0.25, 0.3) is 0 Å². The topological polar surface area (TPSA) is 35.6 Å². The Balaban J connectivity index is 1.35. The third kappa shape index (κ3) is 4.38. The lowest BCUT2D eigenvalue weighted by Crippen LogP contribution is -2.15. The molecule has 0 fully saturated rings. The van der Waals surface area contributed by atoms with E-state index in [1.165, 1.54) is 22.5 Å². The third-order valence-corrected chi connectivity index (χ3v) is 8.16. The Hall–Kier alpha value is -3.37. The molecule has 2 aromatic heterocycles. The van der Waals surface area contributed by atoms with Gasteiger partial charge in [-0.2, -0.15) is 0 Å². The summed E-state index contributed by atoms with van der Waals surface area (Å²) in [5.41, 5.74) is 8.16. The zero-order valence-corrected chi connectivity index (χ0v) is 22.5. The molecule has 0 saturated heterocycles. The number of nitrogens with zero attached hydrogens (tertiary/aromatic N) is 4. The maximum absolute atomic E-state index is 6.52. The van der Waals surface area contributed by atoms with Crippen LogP contribution >= 0.6 is 11.6 Å². The van der Waals surface area contributed by atoms with Gasteiger partial charge in [0.2, 0.25) is 0 Å².